The largest absolute Gasteiger partial charge is 0.433 e. The van der Waals surface area contributed by atoms with Gasteiger partial charge in [-0.15, -0.1) is 6.58 Å². The molecule has 3 heteroatoms. The summed E-state index contributed by atoms with van der Waals surface area (Å²) in [5.74, 6) is -0.294. The Morgan fingerprint density at radius 3 is 2.50 bits per heavy atom. The van der Waals surface area contributed by atoms with Crippen LogP contribution in [0.2, 0.25) is 0 Å². The van der Waals surface area contributed by atoms with E-state index in [1.165, 1.54) is 0 Å². The molecule has 14 heavy (non-hydrogen) atoms. The lowest BCUT2D eigenvalue weighted by molar-refractivity contribution is -0.155. The Balaban J connectivity index is 2.78. The Labute approximate surface area is 85.1 Å². The Hall–Kier alpha value is -0.830. The summed E-state index contributed by atoms with van der Waals surface area (Å²) in [6, 6.07) is 0. The fourth-order valence-electron chi connectivity index (χ4n) is 1.29. The summed E-state index contributed by atoms with van der Waals surface area (Å²) in [5.41, 5.74) is -1.03. The molecule has 1 heterocycles. The summed E-state index contributed by atoms with van der Waals surface area (Å²) in [6.07, 6.45) is 1.70. The minimum absolute atomic E-state index is 0.186. The number of esters is 1. The highest BCUT2D eigenvalue weighted by Gasteiger charge is 2.49. The molecule has 0 spiro atoms. The first kappa shape index (κ1) is 11.2. The van der Waals surface area contributed by atoms with Gasteiger partial charge in [-0.3, -0.25) is 0 Å². The van der Waals surface area contributed by atoms with Crippen LogP contribution in [0, 0.1) is 5.41 Å². The van der Waals surface area contributed by atoms with Crippen molar-refractivity contribution in [3.05, 3.63) is 12.7 Å². The molecular weight excluding hydrogens is 180 g/mol. The van der Waals surface area contributed by atoms with Gasteiger partial charge in [0.1, 0.15) is 0 Å². The number of ether oxygens (including phenoxy) is 2. The van der Waals surface area contributed by atoms with Crippen molar-refractivity contribution in [1.82, 2.24) is 0 Å². The molecule has 1 aliphatic rings. The minimum atomic E-state index is -0.848. The van der Waals surface area contributed by atoms with Crippen molar-refractivity contribution < 1.29 is 14.3 Å². The van der Waals surface area contributed by atoms with Crippen molar-refractivity contribution in [2.75, 3.05) is 0 Å². The van der Waals surface area contributed by atoms with Gasteiger partial charge in [-0.25, -0.2) is 4.79 Å². The average molecular weight is 198 g/mol. The van der Waals surface area contributed by atoms with Crippen LogP contribution in [0.25, 0.3) is 0 Å². The van der Waals surface area contributed by atoms with E-state index < -0.39 is 11.9 Å². The highest BCUT2D eigenvalue weighted by Crippen LogP contribution is 2.36. The topological polar surface area (TPSA) is 35.5 Å². The highest BCUT2D eigenvalue weighted by molar-refractivity contribution is 5.80. The van der Waals surface area contributed by atoms with Crippen molar-refractivity contribution in [3.63, 3.8) is 0 Å². The van der Waals surface area contributed by atoms with Gasteiger partial charge in [0.25, 0.3) is 0 Å². The molecule has 0 aromatic carbocycles. The summed E-state index contributed by atoms with van der Waals surface area (Å²) in [6.45, 7) is 11.3. The van der Waals surface area contributed by atoms with Crippen molar-refractivity contribution >= 4 is 5.97 Å². The van der Waals surface area contributed by atoms with Crippen LogP contribution in [-0.2, 0) is 14.3 Å². The maximum atomic E-state index is 11.5. The molecule has 0 aliphatic carbocycles. The number of carbonyl (C=O) groups is 1. The van der Waals surface area contributed by atoms with E-state index in [1.54, 1.807) is 13.0 Å². The van der Waals surface area contributed by atoms with Crippen molar-refractivity contribution in [2.24, 2.45) is 5.41 Å². The molecule has 0 aromatic heterocycles. The van der Waals surface area contributed by atoms with E-state index in [-0.39, 0.29) is 11.4 Å². The third-order valence-corrected chi connectivity index (χ3v) is 2.25. The maximum Gasteiger partial charge on any atom is 0.340 e. The van der Waals surface area contributed by atoms with Gasteiger partial charge in [0.15, 0.2) is 5.60 Å². The Morgan fingerprint density at radius 2 is 2.14 bits per heavy atom. The van der Waals surface area contributed by atoms with Crippen LogP contribution in [-0.4, -0.2) is 17.9 Å². The van der Waals surface area contributed by atoms with Crippen molar-refractivity contribution in [2.45, 2.75) is 46.0 Å². The summed E-state index contributed by atoms with van der Waals surface area (Å²) < 4.78 is 10.8. The minimum Gasteiger partial charge on any atom is -0.433 e. The van der Waals surface area contributed by atoms with Gasteiger partial charge in [0, 0.05) is 11.8 Å². The molecular formula is C11H18O3. The van der Waals surface area contributed by atoms with E-state index in [4.69, 9.17) is 9.47 Å². The van der Waals surface area contributed by atoms with Gasteiger partial charge in [-0.1, -0.05) is 26.8 Å². The van der Waals surface area contributed by atoms with Gasteiger partial charge < -0.3 is 9.47 Å². The number of rotatable bonds is 2. The SMILES string of the molecule is C=CC[C@]1(C)O[C@@H](C(C)(C)C)OC1=O. The fourth-order valence-corrected chi connectivity index (χ4v) is 1.29. The Kier molecular flexibility index (Phi) is 2.72. The molecule has 3 nitrogen and oxygen atoms in total. The molecule has 0 N–H and O–H groups in total. The first-order chi connectivity index (χ1) is 6.29. The van der Waals surface area contributed by atoms with E-state index >= 15 is 0 Å². The molecule has 80 valence electrons. The molecule has 0 bridgehead atoms. The molecule has 1 fully saturated rings. The molecule has 0 unspecified atom stereocenters. The Bertz CT molecular complexity index is 252. The summed E-state index contributed by atoms with van der Waals surface area (Å²) >= 11 is 0. The summed E-state index contributed by atoms with van der Waals surface area (Å²) in [7, 11) is 0. The summed E-state index contributed by atoms with van der Waals surface area (Å²) in [5, 5.41) is 0. The lowest BCUT2D eigenvalue weighted by Gasteiger charge is -2.25. The molecule has 0 aromatic rings. The van der Waals surface area contributed by atoms with Crippen molar-refractivity contribution in [3.8, 4) is 0 Å². The second-order valence-electron chi connectivity index (χ2n) is 4.94. The summed E-state index contributed by atoms with van der Waals surface area (Å²) in [4.78, 5) is 11.5. The normalized spacial score (nSPS) is 32.9. The van der Waals surface area contributed by atoms with Crippen LogP contribution in [0.4, 0.5) is 0 Å². The lowest BCUT2D eigenvalue weighted by atomic mass is 9.96. The van der Waals surface area contributed by atoms with Gasteiger partial charge in [-0.2, -0.15) is 0 Å². The van der Waals surface area contributed by atoms with Crippen LogP contribution < -0.4 is 0 Å². The number of hydrogen-bond acceptors (Lipinski definition) is 3. The smallest absolute Gasteiger partial charge is 0.340 e. The molecule has 1 aliphatic heterocycles. The molecule has 0 amide bonds. The Morgan fingerprint density at radius 1 is 1.57 bits per heavy atom. The van der Waals surface area contributed by atoms with Crippen molar-refractivity contribution in [1.29, 1.82) is 0 Å². The number of carbonyl (C=O) groups excluding carboxylic acids is 1. The van der Waals surface area contributed by atoms with E-state index in [9.17, 15) is 4.79 Å². The molecule has 0 radical (unpaired) electrons. The van der Waals surface area contributed by atoms with E-state index in [1.807, 2.05) is 20.8 Å². The first-order valence-corrected chi connectivity index (χ1v) is 4.79. The second kappa shape index (κ2) is 3.39. The van der Waals surface area contributed by atoms with E-state index in [0.29, 0.717) is 6.42 Å². The molecule has 1 rings (SSSR count). The van der Waals surface area contributed by atoms with Crippen LogP contribution in [0.1, 0.15) is 34.1 Å². The monoisotopic (exact) mass is 198 g/mol. The third-order valence-electron chi connectivity index (χ3n) is 2.25. The molecule has 0 saturated carbocycles. The first-order valence-electron chi connectivity index (χ1n) is 4.79. The van der Waals surface area contributed by atoms with Gasteiger partial charge in [0.2, 0.25) is 6.29 Å². The maximum absolute atomic E-state index is 11.5. The van der Waals surface area contributed by atoms with Gasteiger partial charge >= 0.3 is 5.97 Å². The predicted molar refractivity (Wildman–Crippen MR) is 53.6 cm³/mol. The van der Waals surface area contributed by atoms with E-state index in [2.05, 4.69) is 6.58 Å². The zero-order valence-electron chi connectivity index (χ0n) is 9.29. The fraction of sp³-hybridized carbons (Fsp3) is 0.727. The number of hydrogen-bond donors (Lipinski definition) is 0. The standard InChI is InChI=1S/C11H18O3/c1-6-7-11(5)8(12)13-9(14-11)10(2,3)4/h6,9H,1,7H2,2-5H3/t9-,11-/m0/s1. The van der Waals surface area contributed by atoms with Crippen LogP contribution in [0.15, 0.2) is 12.7 Å². The van der Waals surface area contributed by atoms with E-state index in [0.717, 1.165) is 0 Å². The average Bonchev–Trinajstić information content (AvgIpc) is 2.28. The lowest BCUT2D eigenvalue weighted by Crippen LogP contribution is -2.33. The van der Waals surface area contributed by atoms with Crippen LogP contribution >= 0.6 is 0 Å². The molecule has 2 atom stereocenters. The zero-order chi connectivity index (χ0) is 11.0. The third kappa shape index (κ3) is 1.98. The second-order valence-corrected chi connectivity index (χ2v) is 4.94. The zero-order valence-corrected chi connectivity index (χ0v) is 9.29. The predicted octanol–water partition coefficient (Wildman–Crippen LogP) is 2.27. The van der Waals surface area contributed by atoms with Gasteiger partial charge in [0.05, 0.1) is 0 Å². The van der Waals surface area contributed by atoms with Gasteiger partial charge in [-0.05, 0) is 6.92 Å². The highest BCUT2D eigenvalue weighted by atomic mass is 16.8. The number of cyclic esters (lactones) is 1. The molecule has 1 saturated heterocycles. The quantitative estimate of drug-likeness (QED) is 0.504. The van der Waals surface area contributed by atoms with Crippen LogP contribution in [0.5, 0.6) is 0 Å². The van der Waals surface area contributed by atoms with Crippen LogP contribution in [0.3, 0.4) is 0 Å².